The molecule has 0 bridgehead atoms. The highest BCUT2D eigenvalue weighted by Gasteiger charge is 2.19. The maximum absolute atomic E-state index is 5.78. The number of fused-ring (bicyclic) bond motifs is 1. The minimum atomic E-state index is -0.229. The summed E-state index contributed by atoms with van der Waals surface area (Å²) in [4.78, 5) is 8.43. The number of nitrogens with zero attached hydrogens (tertiary/aromatic N) is 3. The molecule has 0 saturated carbocycles. The Morgan fingerprint density at radius 1 is 1.62 bits per heavy atom. The fourth-order valence-electron chi connectivity index (χ4n) is 1.36. The van der Waals surface area contributed by atoms with Gasteiger partial charge in [0.25, 0.3) is 0 Å². The van der Waals surface area contributed by atoms with E-state index in [0.29, 0.717) is 6.04 Å². The monoisotopic (exact) mass is 179 g/mol. The lowest BCUT2D eigenvalue weighted by Crippen LogP contribution is -2.30. The standard InChI is InChI=1S/C8H13N5/c1-5(2)13-4-12-6-7(9)10-3-11-8(6)13/h3-5,7H,9H2,1-2H3,(H,10,11). The lowest BCUT2D eigenvalue weighted by molar-refractivity contribution is 0.596. The number of hydrogen-bond donors (Lipinski definition) is 2. The van der Waals surface area contributed by atoms with E-state index in [9.17, 15) is 0 Å². The second-order valence-electron chi connectivity index (χ2n) is 3.36. The Labute approximate surface area is 76.7 Å². The predicted octanol–water partition coefficient (Wildman–Crippen LogP) is 0.684. The smallest absolute Gasteiger partial charge is 0.161 e. The third kappa shape index (κ3) is 1.21. The van der Waals surface area contributed by atoms with E-state index in [4.69, 9.17) is 5.73 Å². The van der Waals surface area contributed by atoms with Gasteiger partial charge in [0, 0.05) is 6.04 Å². The van der Waals surface area contributed by atoms with E-state index < -0.39 is 0 Å². The van der Waals surface area contributed by atoms with Crippen molar-refractivity contribution in [2.45, 2.75) is 26.1 Å². The summed E-state index contributed by atoms with van der Waals surface area (Å²) in [5.74, 6) is 0.862. The van der Waals surface area contributed by atoms with Crippen molar-refractivity contribution in [1.29, 1.82) is 0 Å². The first kappa shape index (κ1) is 8.25. The van der Waals surface area contributed by atoms with Crippen molar-refractivity contribution >= 4 is 12.2 Å². The van der Waals surface area contributed by atoms with Gasteiger partial charge in [0.15, 0.2) is 5.82 Å². The number of aromatic nitrogens is 2. The van der Waals surface area contributed by atoms with Gasteiger partial charge in [0.2, 0.25) is 0 Å². The lowest BCUT2D eigenvalue weighted by atomic mass is 10.3. The van der Waals surface area contributed by atoms with Crippen LogP contribution in [0, 0.1) is 0 Å². The van der Waals surface area contributed by atoms with Crippen LogP contribution in [-0.4, -0.2) is 15.9 Å². The Balaban J connectivity index is 2.49. The van der Waals surface area contributed by atoms with Gasteiger partial charge in [-0.2, -0.15) is 0 Å². The van der Waals surface area contributed by atoms with Gasteiger partial charge in [-0.3, -0.25) is 0 Å². The molecule has 1 aliphatic rings. The molecule has 1 atom stereocenters. The van der Waals surface area contributed by atoms with Crippen molar-refractivity contribution < 1.29 is 0 Å². The third-order valence-corrected chi connectivity index (χ3v) is 2.09. The molecule has 1 aromatic rings. The summed E-state index contributed by atoms with van der Waals surface area (Å²) in [6, 6.07) is 0.360. The highest BCUT2D eigenvalue weighted by molar-refractivity contribution is 5.64. The minimum Gasteiger partial charge on any atom is -0.356 e. The van der Waals surface area contributed by atoms with Crippen molar-refractivity contribution in [3.63, 3.8) is 0 Å². The molecule has 1 aliphatic heterocycles. The SMILES string of the molecule is CC(C)n1cnc2c1N=CNC2N. The molecular weight excluding hydrogens is 166 g/mol. The van der Waals surface area contributed by atoms with Crippen LogP contribution in [0.1, 0.15) is 31.7 Å². The Morgan fingerprint density at radius 3 is 3.08 bits per heavy atom. The van der Waals surface area contributed by atoms with Gasteiger partial charge >= 0.3 is 0 Å². The number of nitrogens with two attached hydrogens (primary N) is 1. The third-order valence-electron chi connectivity index (χ3n) is 2.09. The Bertz CT molecular complexity index is 338. The molecule has 2 heterocycles. The number of nitrogens with one attached hydrogen (secondary N) is 1. The van der Waals surface area contributed by atoms with E-state index in [-0.39, 0.29) is 6.17 Å². The summed E-state index contributed by atoms with van der Waals surface area (Å²) >= 11 is 0. The van der Waals surface area contributed by atoms with Crippen molar-refractivity contribution in [3.05, 3.63) is 12.0 Å². The number of hydrogen-bond acceptors (Lipinski definition) is 4. The largest absolute Gasteiger partial charge is 0.356 e. The van der Waals surface area contributed by atoms with E-state index in [1.807, 2.05) is 4.57 Å². The molecule has 0 radical (unpaired) electrons. The summed E-state index contributed by atoms with van der Waals surface area (Å²) in [5, 5.41) is 2.90. The number of aliphatic imine (C=N–C) groups is 1. The minimum absolute atomic E-state index is 0.229. The zero-order valence-corrected chi connectivity index (χ0v) is 7.73. The van der Waals surface area contributed by atoms with Crippen molar-refractivity contribution in [1.82, 2.24) is 14.9 Å². The van der Waals surface area contributed by atoms with Gasteiger partial charge in [-0.05, 0) is 13.8 Å². The molecular formula is C8H13N5. The summed E-state index contributed by atoms with van der Waals surface area (Å²) in [6.07, 6.45) is 3.17. The Kier molecular flexibility index (Phi) is 1.81. The normalized spacial score (nSPS) is 20.2. The van der Waals surface area contributed by atoms with Crippen molar-refractivity contribution in [2.24, 2.45) is 10.7 Å². The van der Waals surface area contributed by atoms with E-state index in [0.717, 1.165) is 11.5 Å². The van der Waals surface area contributed by atoms with Crippen molar-refractivity contribution in [3.8, 4) is 0 Å². The van der Waals surface area contributed by atoms with Crippen LogP contribution in [0.25, 0.3) is 0 Å². The maximum Gasteiger partial charge on any atom is 0.161 e. The highest BCUT2D eigenvalue weighted by atomic mass is 15.2. The van der Waals surface area contributed by atoms with Crippen LogP contribution in [0.5, 0.6) is 0 Å². The lowest BCUT2D eigenvalue weighted by Gasteiger charge is -2.16. The number of rotatable bonds is 1. The molecule has 70 valence electrons. The fourth-order valence-corrected chi connectivity index (χ4v) is 1.36. The molecule has 2 rings (SSSR count). The van der Waals surface area contributed by atoms with Crippen LogP contribution in [0.2, 0.25) is 0 Å². The zero-order chi connectivity index (χ0) is 9.42. The maximum atomic E-state index is 5.78. The molecule has 0 aromatic carbocycles. The molecule has 5 heteroatoms. The van der Waals surface area contributed by atoms with Crippen LogP contribution in [0.15, 0.2) is 11.3 Å². The first-order valence-corrected chi connectivity index (χ1v) is 4.31. The first-order valence-electron chi connectivity index (χ1n) is 4.31. The average molecular weight is 179 g/mol. The topological polar surface area (TPSA) is 68.2 Å². The summed E-state index contributed by atoms with van der Waals surface area (Å²) < 4.78 is 2.01. The fraction of sp³-hybridized carbons (Fsp3) is 0.500. The van der Waals surface area contributed by atoms with Gasteiger partial charge in [-0.25, -0.2) is 9.98 Å². The summed E-state index contributed by atoms with van der Waals surface area (Å²) in [7, 11) is 0. The van der Waals surface area contributed by atoms with Crippen LogP contribution in [0.3, 0.4) is 0 Å². The van der Waals surface area contributed by atoms with E-state index >= 15 is 0 Å². The second-order valence-corrected chi connectivity index (χ2v) is 3.36. The Hall–Kier alpha value is -1.36. The summed E-state index contributed by atoms with van der Waals surface area (Å²) in [5.41, 5.74) is 6.60. The molecule has 13 heavy (non-hydrogen) atoms. The van der Waals surface area contributed by atoms with Crippen LogP contribution in [0.4, 0.5) is 5.82 Å². The van der Waals surface area contributed by atoms with Crippen molar-refractivity contribution in [2.75, 3.05) is 0 Å². The van der Waals surface area contributed by atoms with Gasteiger partial charge in [0.1, 0.15) is 11.9 Å². The highest BCUT2D eigenvalue weighted by Crippen LogP contribution is 2.26. The van der Waals surface area contributed by atoms with Gasteiger partial charge in [-0.1, -0.05) is 0 Å². The number of imidazole rings is 1. The summed E-state index contributed by atoms with van der Waals surface area (Å²) in [6.45, 7) is 4.18. The van der Waals surface area contributed by atoms with Crippen LogP contribution < -0.4 is 11.1 Å². The molecule has 1 aromatic heterocycles. The molecule has 0 spiro atoms. The molecule has 0 aliphatic carbocycles. The van der Waals surface area contributed by atoms with Gasteiger partial charge in [0.05, 0.1) is 12.7 Å². The molecule has 0 saturated heterocycles. The van der Waals surface area contributed by atoms with Gasteiger partial charge < -0.3 is 15.6 Å². The quantitative estimate of drug-likeness (QED) is 0.666. The van der Waals surface area contributed by atoms with E-state index in [1.54, 1.807) is 12.7 Å². The zero-order valence-electron chi connectivity index (χ0n) is 7.73. The molecule has 0 amide bonds. The molecule has 0 fully saturated rings. The van der Waals surface area contributed by atoms with Crippen LogP contribution in [-0.2, 0) is 0 Å². The van der Waals surface area contributed by atoms with E-state index in [2.05, 4.69) is 29.1 Å². The molecule has 3 N–H and O–H groups in total. The van der Waals surface area contributed by atoms with Crippen LogP contribution >= 0.6 is 0 Å². The predicted molar refractivity (Wildman–Crippen MR) is 50.8 cm³/mol. The molecule has 1 unspecified atom stereocenters. The van der Waals surface area contributed by atoms with E-state index in [1.165, 1.54) is 0 Å². The second kappa shape index (κ2) is 2.85. The molecule has 5 nitrogen and oxygen atoms in total. The van der Waals surface area contributed by atoms with Gasteiger partial charge in [-0.15, -0.1) is 0 Å². The average Bonchev–Trinajstić information content (AvgIpc) is 2.48. The Morgan fingerprint density at radius 2 is 2.38 bits per heavy atom. The first-order chi connectivity index (χ1) is 6.20.